The summed E-state index contributed by atoms with van der Waals surface area (Å²) in [6.45, 7) is 11.8. The van der Waals surface area contributed by atoms with E-state index < -0.39 is 97.5 Å². The summed E-state index contributed by atoms with van der Waals surface area (Å²) in [5, 5.41) is 10.6. The number of unbranched alkanes of at least 4 members (excludes halogenated alkanes) is 33. The molecule has 0 rings (SSSR count). The predicted molar refractivity (Wildman–Crippen MR) is 354 cm³/mol. The zero-order valence-corrected chi connectivity index (χ0v) is 59.0. The highest BCUT2D eigenvalue weighted by Crippen LogP contribution is 2.45. The zero-order valence-electron chi connectivity index (χ0n) is 57.2. The first kappa shape index (κ1) is 86.1. The molecule has 0 saturated heterocycles. The van der Waals surface area contributed by atoms with Crippen LogP contribution in [0.1, 0.15) is 344 Å². The Morgan fingerprint density at radius 2 is 0.580 bits per heavy atom. The lowest BCUT2D eigenvalue weighted by Gasteiger charge is -2.21. The number of phosphoric ester groups is 2. The highest BCUT2D eigenvalue weighted by molar-refractivity contribution is 7.47. The van der Waals surface area contributed by atoms with Crippen molar-refractivity contribution in [2.75, 3.05) is 39.6 Å². The van der Waals surface area contributed by atoms with Crippen molar-refractivity contribution in [3.8, 4) is 0 Å². The van der Waals surface area contributed by atoms with Gasteiger partial charge in [-0.25, -0.2) is 9.13 Å². The Hall–Kier alpha value is -1.94. The third-order valence-electron chi connectivity index (χ3n) is 16.6. The Morgan fingerprint density at radius 1 is 0.330 bits per heavy atom. The van der Waals surface area contributed by atoms with Crippen molar-refractivity contribution in [3.63, 3.8) is 0 Å². The molecule has 0 heterocycles. The number of esters is 4. The molecular formula is C69H134O17P2. The van der Waals surface area contributed by atoms with Crippen LogP contribution in [0.2, 0.25) is 0 Å². The molecule has 0 amide bonds. The molecule has 19 heteroatoms. The number of hydrogen-bond donors (Lipinski definition) is 3. The van der Waals surface area contributed by atoms with Crippen LogP contribution in [0.25, 0.3) is 0 Å². The first-order valence-electron chi connectivity index (χ1n) is 35.9. The summed E-state index contributed by atoms with van der Waals surface area (Å²) in [4.78, 5) is 72.5. The second-order valence-corrected chi connectivity index (χ2v) is 28.8. The van der Waals surface area contributed by atoms with E-state index in [0.29, 0.717) is 31.6 Å². The van der Waals surface area contributed by atoms with Crippen LogP contribution >= 0.6 is 15.6 Å². The molecule has 0 radical (unpaired) electrons. The van der Waals surface area contributed by atoms with Gasteiger partial charge in [-0.2, -0.15) is 0 Å². The molecule has 17 nitrogen and oxygen atoms in total. The van der Waals surface area contributed by atoms with Crippen molar-refractivity contribution < 1.29 is 80.2 Å². The molecule has 4 unspecified atom stereocenters. The highest BCUT2D eigenvalue weighted by Gasteiger charge is 2.30. The van der Waals surface area contributed by atoms with Gasteiger partial charge in [0.15, 0.2) is 12.2 Å². The highest BCUT2D eigenvalue weighted by atomic mass is 31.2. The van der Waals surface area contributed by atoms with Crippen LogP contribution in [0.3, 0.4) is 0 Å². The van der Waals surface area contributed by atoms with E-state index >= 15 is 0 Å². The van der Waals surface area contributed by atoms with Gasteiger partial charge in [-0.1, -0.05) is 292 Å². The van der Waals surface area contributed by atoms with Crippen LogP contribution in [-0.2, 0) is 65.4 Å². The van der Waals surface area contributed by atoms with Crippen molar-refractivity contribution in [2.45, 2.75) is 362 Å². The molecule has 3 N–H and O–H groups in total. The molecule has 0 aliphatic carbocycles. The predicted octanol–water partition coefficient (Wildman–Crippen LogP) is 19.5. The van der Waals surface area contributed by atoms with E-state index in [1.54, 1.807) is 0 Å². The van der Waals surface area contributed by atoms with Crippen LogP contribution in [0.5, 0.6) is 0 Å². The summed E-state index contributed by atoms with van der Waals surface area (Å²) in [5.74, 6) is 0.122. The summed E-state index contributed by atoms with van der Waals surface area (Å²) in [7, 11) is -9.90. The monoisotopic (exact) mass is 1300 g/mol. The molecule has 0 aromatic rings. The van der Waals surface area contributed by atoms with E-state index in [1.807, 2.05) is 0 Å². The Labute approximate surface area is 537 Å². The number of aliphatic hydroxyl groups excluding tert-OH is 1. The Balaban J connectivity index is 5.26. The number of phosphoric acid groups is 2. The maximum atomic E-state index is 13.0. The van der Waals surface area contributed by atoms with Crippen molar-refractivity contribution in [3.05, 3.63) is 0 Å². The molecule has 0 saturated carbocycles. The number of carbonyl (C=O) groups excluding carboxylic acids is 4. The number of ether oxygens (including phenoxy) is 4. The van der Waals surface area contributed by atoms with Crippen LogP contribution < -0.4 is 0 Å². The van der Waals surface area contributed by atoms with Crippen molar-refractivity contribution in [1.29, 1.82) is 0 Å². The van der Waals surface area contributed by atoms with Gasteiger partial charge in [0.25, 0.3) is 0 Å². The fourth-order valence-electron chi connectivity index (χ4n) is 10.3. The van der Waals surface area contributed by atoms with Gasteiger partial charge in [0.1, 0.15) is 19.3 Å². The van der Waals surface area contributed by atoms with E-state index in [9.17, 15) is 43.2 Å². The molecular weight excluding hydrogens is 1160 g/mol. The lowest BCUT2D eigenvalue weighted by Crippen LogP contribution is -2.30. The molecule has 0 aromatic carbocycles. The summed E-state index contributed by atoms with van der Waals surface area (Å²) in [5.41, 5.74) is 0. The number of hydrogen-bond acceptors (Lipinski definition) is 15. The van der Waals surface area contributed by atoms with Gasteiger partial charge >= 0.3 is 39.5 Å². The van der Waals surface area contributed by atoms with E-state index in [-0.39, 0.29) is 25.7 Å². The fourth-order valence-corrected chi connectivity index (χ4v) is 11.9. The quantitative estimate of drug-likeness (QED) is 0.0222. The van der Waals surface area contributed by atoms with Crippen molar-refractivity contribution >= 4 is 39.5 Å². The molecule has 7 atom stereocenters. The molecule has 0 fully saturated rings. The van der Waals surface area contributed by atoms with E-state index in [4.69, 9.17) is 37.0 Å². The normalized spacial score (nSPS) is 14.9. The van der Waals surface area contributed by atoms with Gasteiger partial charge in [0.05, 0.1) is 26.4 Å². The van der Waals surface area contributed by atoms with Crippen molar-refractivity contribution in [2.24, 2.45) is 17.8 Å². The summed E-state index contributed by atoms with van der Waals surface area (Å²) in [6.07, 6.45) is 43.0. The minimum Gasteiger partial charge on any atom is -0.462 e. The SMILES string of the molecule is CCCCCCCCCCCCCCCC(=O)OC[C@H](COP(=O)(O)OC[C@@H](O)COP(=O)(O)OC[C@@H](COC(=O)CCCCCCCCC(C)C)OC(=O)CCCCCCCCCCC(C)CC)OC(=O)CCCCCCCCCCCCC(C)CC. The Bertz CT molecular complexity index is 1740. The summed E-state index contributed by atoms with van der Waals surface area (Å²) in [6, 6.07) is 0. The molecule has 522 valence electrons. The van der Waals surface area contributed by atoms with Gasteiger partial charge in [-0.15, -0.1) is 0 Å². The van der Waals surface area contributed by atoms with Crippen molar-refractivity contribution in [1.82, 2.24) is 0 Å². The molecule has 88 heavy (non-hydrogen) atoms. The lowest BCUT2D eigenvalue weighted by molar-refractivity contribution is -0.161. The lowest BCUT2D eigenvalue weighted by atomic mass is 9.99. The largest absolute Gasteiger partial charge is 0.472 e. The average Bonchev–Trinajstić information content (AvgIpc) is 3.49. The van der Waals surface area contributed by atoms with Crippen LogP contribution in [-0.4, -0.2) is 96.7 Å². The second-order valence-electron chi connectivity index (χ2n) is 25.9. The smallest absolute Gasteiger partial charge is 0.462 e. The third kappa shape index (κ3) is 60.3. The van der Waals surface area contributed by atoms with Gasteiger partial charge in [-0.3, -0.25) is 37.3 Å². The first-order chi connectivity index (χ1) is 42.3. The summed E-state index contributed by atoms with van der Waals surface area (Å²) < 4.78 is 68.2. The summed E-state index contributed by atoms with van der Waals surface area (Å²) >= 11 is 0. The zero-order chi connectivity index (χ0) is 65.2. The number of rotatable bonds is 67. The molecule has 0 aliphatic rings. The van der Waals surface area contributed by atoms with E-state index in [1.165, 1.54) is 148 Å². The third-order valence-corrected chi connectivity index (χ3v) is 18.5. The number of carbonyl (C=O) groups is 4. The fraction of sp³-hybridized carbons (Fsp3) is 0.942. The van der Waals surface area contributed by atoms with Crippen LogP contribution in [0, 0.1) is 17.8 Å². The topological polar surface area (TPSA) is 237 Å². The minimum atomic E-state index is -4.95. The minimum absolute atomic E-state index is 0.104. The maximum Gasteiger partial charge on any atom is 0.472 e. The standard InChI is InChI=1S/C69H134O17P2/c1-8-11-12-13-14-15-16-17-18-22-28-36-43-50-66(71)79-56-64(85-68(73)52-45-38-29-23-20-19-21-26-34-41-48-61(6)9-2)58-83-87(75,76)81-54-63(70)55-82-88(77,78)84-59-65(57-80-67(72)51-44-37-32-31-33-40-47-60(4)5)86-69(74)53-46-39-30-25-24-27-35-42-49-62(7)10-3/h60-65,70H,8-59H2,1-7H3,(H,75,76)(H,77,78)/t61?,62?,63-,64-,65-/m1/s1. The van der Waals surface area contributed by atoms with Crippen LogP contribution in [0.15, 0.2) is 0 Å². The molecule has 0 aromatic heterocycles. The van der Waals surface area contributed by atoms with Gasteiger partial charge in [0, 0.05) is 25.7 Å². The van der Waals surface area contributed by atoms with Gasteiger partial charge in [-0.05, 0) is 43.4 Å². The maximum absolute atomic E-state index is 13.0. The Kier molecular flexibility index (Phi) is 58.7. The molecule has 0 spiro atoms. The van der Waals surface area contributed by atoms with Crippen LogP contribution in [0.4, 0.5) is 0 Å². The van der Waals surface area contributed by atoms with Gasteiger partial charge in [0.2, 0.25) is 0 Å². The van der Waals surface area contributed by atoms with E-state index in [2.05, 4.69) is 48.5 Å². The molecule has 0 bridgehead atoms. The Morgan fingerprint density at radius 3 is 0.864 bits per heavy atom. The second kappa shape index (κ2) is 60.0. The van der Waals surface area contributed by atoms with E-state index in [0.717, 1.165) is 108 Å². The molecule has 0 aliphatic heterocycles. The average molecular weight is 1300 g/mol. The van der Waals surface area contributed by atoms with Gasteiger partial charge < -0.3 is 33.8 Å². The first-order valence-corrected chi connectivity index (χ1v) is 38.9. The number of aliphatic hydroxyl groups is 1.